The Morgan fingerprint density at radius 2 is 1.97 bits per heavy atom. The van der Waals surface area contributed by atoms with E-state index < -0.39 is 11.4 Å². The number of amides is 1. The van der Waals surface area contributed by atoms with E-state index in [0.717, 1.165) is 25.7 Å². The molecule has 2 aliphatic heterocycles. The average Bonchev–Trinajstić information content (AvgIpc) is 2.92. The van der Waals surface area contributed by atoms with E-state index in [4.69, 9.17) is 4.74 Å². The summed E-state index contributed by atoms with van der Waals surface area (Å²) in [7, 11) is 0. The van der Waals surface area contributed by atoms with Gasteiger partial charge in [0, 0.05) is 24.7 Å². The van der Waals surface area contributed by atoms with Gasteiger partial charge < -0.3 is 25.4 Å². The van der Waals surface area contributed by atoms with Crippen molar-refractivity contribution in [2.45, 2.75) is 83.6 Å². The molecule has 2 fully saturated rings. The molecule has 2 unspecified atom stereocenters. The first-order chi connectivity index (χ1) is 14.2. The minimum Gasteiger partial charge on any atom is -0.505 e. The van der Waals surface area contributed by atoms with Gasteiger partial charge in [-0.3, -0.25) is 0 Å². The number of piperidine rings is 1. The summed E-state index contributed by atoms with van der Waals surface area (Å²) in [5, 5.41) is 16.0. The van der Waals surface area contributed by atoms with Crippen LogP contribution in [0.4, 0.5) is 9.18 Å². The quantitative estimate of drug-likeness (QED) is 0.513. The van der Waals surface area contributed by atoms with Crippen molar-refractivity contribution in [2.24, 2.45) is 4.99 Å². The maximum Gasteiger partial charge on any atom is 0.410 e. The number of carbonyl (C=O) groups is 1. The number of halogens is 1. The van der Waals surface area contributed by atoms with Crippen molar-refractivity contribution in [1.29, 1.82) is 0 Å². The molecule has 2 saturated heterocycles. The molecule has 1 aromatic carbocycles. The third-order valence-electron chi connectivity index (χ3n) is 5.45. The standard InChI is InChI=1S/C22H33FN4O3/c1-5-24-20(25-13-14-6-9-19(28)18(23)10-14)26-15-11-16-7-8-17(12-15)27(16)21(29)30-22(2,3)4/h6,9-10,15-17,28H,5,7-8,11-13H2,1-4H3,(H2,24,25,26). The zero-order chi connectivity index (χ0) is 21.9. The van der Waals surface area contributed by atoms with Crippen LogP contribution in [-0.2, 0) is 11.3 Å². The number of hydrogen-bond donors (Lipinski definition) is 3. The molecule has 2 aliphatic rings. The fraction of sp³-hybridized carbons (Fsp3) is 0.636. The van der Waals surface area contributed by atoms with Crippen molar-refractivity contribution in [3.63, 3.8) is 0 Å². The molecule has 2 atom stereocenters. The number of guanidine groups is 1. The number of benzene rings is 1. The maximum atomic E-state index is 13.6. The van der Waals surface area contributed by atoms with Crippen LogP contribution in [0.3, 0.4) is 0 Å². The van der Waals surface area contributed by atoms with Gasteiger partial charge in [-0.2, -0.15) is 0 Å². The lowest BCUT2D eigenvalue weighted by Crippen LogP contribution is -2.55. The van der Waals surface area contributed by atoms with Gasteiger partial charge in [0.05, 0.1) is 6.54 Å². The molecule has 8 heteroatoms. The minimum absolute atomic E-state index is 0.171. The molecule has 0 aromatic heterocycles. The first kappa shape index (κ1) is 22.2. The molecule has 2 bridgehead atoms. The van der Waals surface area contributed by atoms with E-state index in [2.05, 4.69) is 15.6 Å². The topological polar surface area (TPSA) is 86.2 Å². The van der Waals surface area contributed by atoms with Gasteiger partial charge in [-0.1, -0.05) is 6.07 Å². The Morgan fingerprint density at radius 3 is 2.53 bits per heavy atom. The molecule has 2 heterocycles. The molecule has 0 spiro atoms. The number of aliphatic imine (C=N–C) groups is 1. The van der Waals surface area contributed by atoms with Crippen molar-refractivity contribution in [2.75, 3.05) is 6.54 Å². The van der Waals surface area contributed by atoms with Crippen LogP contribution in [0.15, 0.2) is 23.2 Å². The van der Waals surface area contributed by atoms with Crippen molar-refractivity contribution >= 4 is 12.1 Å². The van der Waals surface area contributed by atoms with Gasteiger partial charge in [-0.05, 0) is 71.1 Å². The van der Waals surface area contributed by atoms with Crippen LogP contribution in [0.5, 0.6) is 5.75 Å². The van der Waals surface area contributed by atoms with E-state index in [-0.39, 0.29) is 30.0 Å². The van der Waals surface area contributed by atoms with Gasteiger partial charge in [0.2, 0.25) is 0 Å². The van der Waals surface area contributed by atoms with Crippen LogP contribution in [-0.4, -0.2) is 52.3 Å². The van der Waals surface area contributed by atoms with Crippen LogP contribution < -0.4 is 10.6 Å². The summed E-state index contributed by atoms with van der Waals surface area (Å²) in [6.07, 6.45) is 3.44. The number of carbonyl (C=O) groups excluding carboxylic acids is 1. The van der Waals surface area contributed by atoms with Crippen LogP contribution in [0.25, 0.3) is 0 Å². The lowest BCUT2D eigenvalue weighted by atomic mass is 9.98. The third kappa shape index (κ3) is 5.55. The highest BCUT2D eigenvalue weighted by molar-refractivity contribution is 5.80. The van der Waals surface area contributed by atoms with Crippen LogP contribution >= 0.6 is 0 Å². The van der Waals surface area contributed by atoms with E-state index in [9.17, 15) is 14.3 Å². The van der Waals surface area contributed by atoms with Crippen molar-refractivity contribution < 1.29 is 19.0 Å². The highest BCUT2D eigenvalue weighted by atomic mass is 19.1. The average molecular weight is 421 g/mol. The molecule has 30 heavy (non-hydrogen) atoms. The van der Waals surface area contributed by atoms with E-state index >= 15 is 0 Å². The molecule has 3 rings (SSSR count). The minimum atomic E-state index is -0.647. The van der Waals surface area contributed by atoms with E-state index in [1.807, 2.05) is 32.6 Å². The van der Waals surface area contributed by atoms with Gasteiger partial charge in [0.25, 0.3) is 0 Å². The van der Waals surface area contributed by atoms with Gasteiger partial charge >= 0.3 is 6.09 Å². The van der Waals surface area contributed by atoms with Crippen molar-refractivity contribution in [3.05, 3.63) is 29.6 Å². The summed E-state index contributed by atoms with van der Waals surface area (Å²) in [5.74, 6) is -0.340. The smallest absolute Gasteiger partial charge is 0.410 e. The summed E-state index contributed by atoms with van der Waals surface area (Å²) < 4.78 is 19.2. The molecule has 3 N–H and O–H groups in total. The number of nitrogens with zero attached hydrogens (tertiary/aromatic N) is 2. The van der Waals surface area contributed by atoms with Crippen LogP contribution in [0.2, 0.25) is 0 Å². The molecule has 0 aliphatic carbocycles. The molecule has 1 aromatic rings. The third-order valence-corrected chi connectivity index (χ3v) is 5.45. The first-order valence-corrected chi connectivity index (χ1v) is 10.7. The molecule has 166 valence electrons. The van der Waals surface area contributed by atoms with E-state index in [1.54, 1.807) is 6.07 Å². The van der Waals surface area contributed by atoms with Crippen molar-refractivity contribution in [3.8, 4) is 5.75 Å². The zero-order valence-corrected chi connectivity index (χ0v) is 18.2. The Bertz CT molecular complexity index is 779. The largest absolute Gasteiger partial charge is 0.505 e. The normalized spacial score (nSPS) is 24.0. The summed E-state index contributed by atoms with van der Waals surface area (Å²) in [6.45, 7) is 8.67. The molecular weight excluding hydrogens is 387 g/mol. The predicted molar refractivity (Wildman–Crippen MR) is 114 cm³/mol. The summed E-state index contributed by atoms with van der Waals surface area (Å²) >= 11 is 0. The van der Waals surface area contributed by atoms with Gasteiger partial charge in [-0.15, -0.1) is 0 Å². The van der Waals surface area contributed by atoms with Crippen molar-refractivity contribution in [1.82, 2.24) is 15.5 Å². The number of rotatable bonds is 4. The molecular formula is C22H33FN4O3. The second-order valence-electron chi connectivity index (χ2n) is 9.07. The highest BCUT2D eigenvalue weighted by Crippen LogP contribution is 2.36. The number of ether oxygens (including phenoxy) is 1. The SMILES string of the molecule is CCNC(=NCc1ccc(O)c(F)c1)NC1CC2CCC(C1)N2C(=O)OC(C)(C)C. The lowest BCUT2D eigenvalue weighted by Gasteiger charge is -2.40. The molecule has 0 saturated carbocycles. The molecule has 7 nitrogen and oxygen atoms in total. The van der Waals surface area contributed by atoms with E-state index in [0.29, 0.717) is 24.6 Å². The number of phenolic OH excluding ortho intramolecular Hbond substituents is 1. The predicted octanol–water partition coefficient (Wildman–Crippen LogP) is 3.52. The van der Waals surface area contributed by atoms with Gasteiger partial charge in [0.15, 0.2) is 17.5 Å². The summed E-state index contributed by atoms with van der Waals surface area (Å²) in [6, 6.07) is 4.84. The van der Waals surface area contributed by atoms with Crippen LogP contribution in [0.1, 0.15) is 58.9 Å². The Labute approximate surface area is 177 Å². The number of hydrogen-bond acceptors (Lipinski definition) is 4. The Kier molecular flexibility index (Phi) is 6.73. The molecule has 1 amide bonds. The fourth-order valence-corrected chi connectivity index (χ4v) is 4.24. The number of aromatic hydroxyl groups is 1. The first-order valence-electron chi connectivity index (χ1n) is 10.7. The monoisotopic (exact) mass is 420 g/mol. The lowest BCUT2D eigenvalue weighted by molar-refractivity contribution is 0.00545. The second-order valence-corrected chi connectivity index (χ2v) is 9.07. The Hall–Kier alpha value is -2.51. The van der Waals surface area contributed by atoms with Crippen LogP contribution in [0, 0.1) is 5.82 Å². The highest BCUT2D eigenvalue weighted by Gasteiger charge is 2.45. The number of phenols is 1. The second kappa shape index (κ2) is 9.10. The summed E-state index contributed by atoms with van der Waals surface area (Å²) in [4.78, 5) is 19.1. The molecule has 0 radical (unpaired) electrons. The zero-order valence-electron chi connectivity index (χ0n) is 18.2. The summed E-state index contributed by atoms with van der Waals surface area (Å²) in [5.41, 5.74) is 0.187. The Balaban J connectivity index is 1.62. The number of nitrogens with one attached hydrogen (secondary N) is 2. The maximum absolute atomic E-state index is 13.6. The number of fused-ring (bicyclic) bond motifs is 2. The van der Waals surface area contributed by atoms with Gasteiger partial charge in [0.1, 0.15) is 5.60 Å². The Morgan fingerprint density at radius 1 is 1.30 bits per heavy atom. The van der Waals surface area contributed by atoms with Gasteiger partial charge in [-0.25, -0.2) is 14.2 Å². The fourth-order valence-electron chi connectivity index (χ4n) is 4.24. The van der Waals surface area contributed by atoms with E-state index in [1.165, 1.54) is 12.1 Å².